The van der Waals surface area contributed by atoms with E-state index in [1.54, 1.807) is 0 Å². The number of carbonyl (C=O) groups excluding carboxylic acids is 1. The molecule has 2 rings (SSSR count). The van der Waals surface area contributed by atoms with Crippen LogP contribution in [0.3, 0.4) is 0 Å². The quantitative estimate of drug-likeness (QED) is 0.852. The maximum atomic E-state index is 11.5. The number of carbonyl (C=O) groups is 2. The monoisotopic (exact) mass is 249 g/mol. The highest BCUT2D eigenvalue weighted by Gasteiger charge is 2.37. The number of benzene rings is 1. The predicted molar refractivity (Wildman–Crippen MR) is 63.9 cm³/mol. The third kappa shape index (κ3) is 3.00. The molecule has 1 saturated carbocycles. The summed E-state index contributed by atoms with van der Waals surface area (Å²) in [5, 5.41) is 11.4. The topological polar surface area (TPSA) is 75.6 Å². The molecule has 96 valence electrons. The van der Waals surface area contributed by atoms with Gasteiger partial charge in [-0.15, -0.1) is 0 Å². The molecule has 0 bridgehead atoms. The number of rotatable bonds is 4. The largest absolute Gasteiger partial charge is 0.481 e. The maximum Gasteiger partial charge on any atom is 0.407 e. The van der Waals surface area contributed by atoms with Crippen molar-refractivity contribution in [2.75, 3.05) is 0 Å². The molecule has 2 atom stereocenters. The zero-order chi connectivity index (χ0) is 13.0. The first-order chi connectivity index (χ1) is 8.66. The van der Waals surface area contributed by atoms with Crippen LogP contribution >= 0.6 is 0 Å². The average Bonchev–Trinajstić information content (AvgIpc) is 2.32. The van der Waals surface area contributed by atoms with E-state index >= 15 is 0 Å². The highest BCUT2D eigenvalue weighted by Crippen LogP contribution is 2.27. The van der Waals surface area contributed by atoms with Crippen molar-refractivity contribution in [3.05, 3.63) is 35.9 Å². The van der Waals surface area contributed by atoms with E-state index < -0.39 is 18.0 Å². The standard InChI is InChI=1S/C13H15NO4/c15-12(16)10-6-7-11(10)14-13(17)18-8-9-4-2-1-3-5-9/h1-5,10-11H,6-8H2,(H,14,17)(H,15,16). The first-order valence-corrected chi connectivity index (χ1v) is 5.87. The Morgan fingerprint density at radius 2 is 2.00 bits per heavy atom. The molecule has 1 aromatic carbocycles. The molecule has 1 aliphatic rings. The van der Waals surface area contributed by atoms with Crippen molar-refractivity contribution in [1.82, 2.24) is 5.32 Å². The van der Waals surface area contributed by atoms with Crippen molar-refractivity contribution in [3.63, 3.8) is 0 Å². The van der Waals surface area contributed by atoms with E-state index in [2.05, 4.69) is 5.32 Å². The van der Waals surface area contributed by atoms with Crippen LogP contribution in [0.2, 0.25) is 0 Å². The van der Waals surface area contributed by atoms with Crippen LogP contribution in [0.15, 0.2) is 30.3 Å². The Bertz CT molecular complexity index is 432. The summed E-state index contributed by atoms with van der Waals surface area (Å²) in [6.07, 6.45) is 0.742. The smallest absolute Gasteiger partial charge is 0.407 e. The minimum Gasteiger partial charge on any atom is -0.481 e. The van der Waals surface area contributed by atoms with Gasteiger partial charge in [0, 0.05) is 6.04 Å². The summed E-state index contributed by atoms with van der Waals surface area (Å²) < 4.78 is 5.02. The minimum absolute atomic E-state index is 0.192. The van der Waals surface area contributed by atoms with Gasteiger partial charge in [-0.2, -0.15) is 0 Å². The lowest BCUT2D eigenvalue weighted by Gasteiger charge is -2.33. The molecular formula is C13H15NO4. The van der Waals surface area contributed by atoms with Crippen LogP contribution in [0.25, 0.3) is 0 Å². The van der Waals surface area contributed by atoms with E-state index in [4.69, 9.17) is 9.84 Å². The summed E-state index contributed by atoms with van der Waals surface area (Å²) in [5.41, 5.74) is 0.899. The van der Waals surface area contributed by atoms with Crippen LogP contribution in [0, 0.1) is 5.92 Å². The van der Waals surface area contributed by atoms with E-state index in [-0.39, 0.29) is 12.6 Å². The van der Waals surface area contributed by atoms with E-state index in [9.17, 15) is 9.59 Å². The fraction of sp³-hybridized carbons (Fsp3) is 0.385. The number of nitrogens with one attached hydrogen (secondary N) is 1. The number of hydrogen-bond donors (Lipinski definition) is 2. The number of carboxylic acids is 1. The van der Waals surface area contributed by atoms with Crippen LogP contribution in [0.1, 0.15) is 18.4 Å². The van der Waals surface area contributed by atoms with Gasteiger partial charge < -0.3 is 15.2 Å². The maximum absolute atomic E-state index is 11.5. The first-order valence-electron chi connectivity index (χ1n) is 5.87. The number of alkyl carbamates (subject to hydrolysis) is 1. The van der Waals surface area contributed by atoms with Crippen molar-refractivity contribution in [2.24, 2.45) is 5.92 Å². The third-order valence-corrected chi connectivity index (χ3v) is 3.11. The van der Waals surface area contributed by atoms with Gasteiger partial charge in [-0.3, -0.25) is 4.79 Å². The Kier molecular flexibility index (Phi) is 3.82. The lowest BCUT2D eigenvalue weighted by Crippen LogP contribution is -2.50. The number of aliphatic carboxylic acids is 1. The Morgan fingerprint density at radius 1 is 1.28 bits per heavy atom. The van der Waals surface area contributed by atoms with Gasteiger partial charge in [0.15, 0.2) is 0 Å². The first kappa shape index (κ1) is 12.4. The summed E-state index contributed by atoms with van der Waals surface area (Å²) in [4.78, 5) is 22.2. The molecule has 0 aromatic heterocycles. The SMILES string of the molecule is O=C(NC1CCC1C(=O)O)OCc1ccccc1. The number of amides is 1. The van der Waals surface area contributed by atoms with E-state index in [1.165, 1.54) is 0 Å². The van der Waals surface area contributed by atoms with Gasteiger partial charge in [0.25, 0.3) is 0 Å². The second-order valence-corrected chi connectivity index (χ2v) is 4.33. The van der Waals surface area contributed by atoms with E-state index in [1.807, 2.05) is 30.3 Å². The Balaban J connectivity index is 1.74. The summed E-state index contributed by atoms with van der Waals surface area (Å²) in [7, 11) is 0. The summed E-state index contributed by atoms with van der Waals surface area (Å²) in [6, 6.07) is 9.03. The number of ether oxygens (including phenoxy) is 1. The highest BCUT2D eigenvalue weighted by molar-refractivity contribution is 5.74. The van der Waals surface area contributed by atoms with Gasteiger partial charge >= 0.3 is 12.1 Å². The Morgan fingerprint density at radius 3 is 2.56 bits per heavy atom. The van der Waals surface area contributed by atoms with Crippen molar-refractivity contribution >= 4 is 12.1 Å². The molecule has 0 saturated heterocycles. The van der Waals surface area contributed by atoms with E-state index in [0.717, 1.165) is 5.56 Å². The van der Waals surface area contributed by atoms with Crippen molar-refractivity contribution < 1.29 is 19.4 Å². The predicted octanol–water partition coefficient (Wildman–Crippen LogP) is 1.78. The van der Waals surface area contributed by atoms with Gasteiger partial charge in [-0.1, -0.05) is 30.3 Å². The molecule has 0 aliphatic heterocycles. The van der Waals surface area contributed by atoms with Crippen molar-refractivity contribution in [2.45, 2.75) is 25.5 Å². The second kappa shape index (κ2) is 5.53. The second-order valence-electron chi connectivity index (χ2n) is 4.33. The van der Waals surface area contributed by atoms with Crippen LogP contribution in [-0.4, -0.2) is 23.2 Å². The van der Waals surface area contributed by atoms with Crippen molar-refractivity contribution in [1.29, 1.82) is 0 Å². The molecule has 2 unspecified atom stereocenters. The number of hydrogen-bond acceptors (Lipinski definition) is 3. The molecule has 0 radical (unpaired) electrons. The zero-order valence-corrected chi connectivity index (χ0v) is 9.83. The fourth-order valence-electron chi connectivity index (χ4n) is 1.88. The Hall–Kier alpha value is -2.04. The lowest BCUT2D eigenvalue weighted by molar-refractivity contribution is -0.145. The van der Waals surface area contributed by atoms with Crippen LogP contribution in [-0.2, 0) is 16.1 Å². The molecule has 1 aliphatic carbocycles. The van der Waals surface area contributed by atoms with Crippen molar-refractivity contribution in [3.8, 4) is 0 Å². The normalized spacial score (nSPS) is 21.8. The third-order valence-electron chi connectivity index (χ3n) is 3.11. The molecule has 18 heavy (non-hydrogen) atoms. The van der Waals surface area contributed by atoms with E-state index in [0.29, 0.717) is 12.8 Å². The average molecular weight is 249 g/mol. The molecule has 0 heterocycles. The Labute approximate surface area is 105 Å². The molecule has 1 amide bonds. The van der Waals surface area contributed by atoms with Gasteiger partial charge in [-0.25, -0.2) is 4.79 Å². The fourth-order valence-corrected chi connectivity index (χ4v) is 1.88. The molecule has 1 aromatic rings. The molecule has 2 N–H and O–H groups in total. The number of carboxylic acid groups (broad SMARTS) is 1. The minimum atomic E-state index is -0.866. The van der Waals surface area contributed by atoms with Crippen LogP contribution in [0.5, 0.6) is 0 Å². The molecular weight excluding hydrogens is 234 g/mol. The lowest BCUT2D eigenvalue weighted by atomic mass is 9.80. The van der Waals surface area contributed by atoms with Crippen LogP contribution < -0.4 is 5.32 Å². The molecule has 5 nitrogen and oxygen atoms in total. The van der Waals surface area contributed by atoms with Gasteiger partial charge in [0.2, 0.25) is 0 Å². The summed E-state index contributed by atoms with van der Waals surface area (Å²) >= 11 is 0. The molecule has 0 spiro atoms. The molecule has 1 fully saturated rings. The zero-order valence-electron chi connectivity index (χ0n) is 9.83. The molecule has 5 heteroatoms. The van der Waals surface area contributed by atoms with Gasteiger partial charge in [0.1, 0.15) is 6.61 Å². The van der Waals surface area contributed by atoms with Crippen LogP contribution in [0.4, 0.5) is 4.79 Å². The van der Waals surface area contributed by atoms with Gasteiger partial charge in [0.05, 0.1) is 5.92 Å². The highest BCUT2D eigenvalue weighted by atomic mass is 16.5. The van der Waals surface area contributed by atoms with Gasteiger partial charge in [-0.05, 0) is 18.4 Å². The summed E-state index contributed by atoms with van der Waals surface area (Å²) in [6.45, 7) is 0.192. The summed E-state index contributed by atoms with van der Waals surface area (Å²) in [5.74, 6) is -1.34.